The molecule has 2 aliphatic carbocycles. The summed E-state index contributed by atoms with van der Waals surface area (Å²) in [5.41, 5.74) is 6.08. The number of fused-ring (bicyclic) bond motifs is 2. The summed E-state index contributed by atoms with van der Waals surface area (Å²) in [6.45, 7) is 6.59. The van der Waals surface area contributed by atoms with Gasteiger partial charge in [-0.25, -0.2) is 0 Å². The van der Waals surface area contributed by atoms with Crippen molar-refractivity contribution in [3.8, 4) is 5.75 Å². The van der Waals surface area contributed by atoms with Crippen LogP contribution in [0, 0.1) is 10.6 Å². The quantitative estimate of drug-likeness (QED) is 0.623. The predicted octanol–water partition coefficient (Wildman–Crippen LogP) is 5.34. The average molecular weight is 462 g/mol. The Morgan fingerprint density at radius 2 is 2.06 bits per heavy atom. The Morgan fingerprint density at radius 3 is 2.79 bits per heavy atom. The molecule has 1 aromatic carbocycles. The lowest BCUT2D eigenvalue weighted by Crippen LogP contribution is -3.06. The van der Waals surface area contributed by atoms with E-state index in [4.69, 9.17) is 9.72 Å². The van der Waals surface area contributed by atoms with E-state index in [0.717, 1.165) is 36.3 Å². The molecule has 5 rings (SSSR count). The van der Waals surface area contributed by atoms with E-state index >= 15 is 0 Å². The maximum Gasteiger partial charge on any atom is 0.328 e. The third kappa shape index (κ3) is 4.39. The van der Waals surface area contributed by atoms with E-state index in [2.05, 4.69) is 56.1 Å². The van der Waals surface area contributed by atoms with E-state index in [1.807, 2.05) is 30.1 Å². The molecule has 172 valence electrons. The second kappa shape index (κ2) is 8.75. The fraction of sp³-hybridized carbons (Fsp3) is 0.407. The Bertz CT molecular complexity index is 1160. The molecule has 33 heavy (non-hydrogen) atoms. The van der Waals surface area contributed by atoms with Crippen LogP contribution in [0.5, 0.6) is 5.75 Å². The van der Waals surface area contributed by atoms with E-state index in [9.17, 15) is 5.21 Å². The van der Waals surface area contributed by atoms with Gasteiger partial charge in [-0.15, -0.1) is 11.8 Å². The second-order valence-electron chi connectivity index (χ2n) is 10.0. The number of thioether (sulfide) groups is 1. The highest BCUT2D eigenvalue weighted by molar-refractivity contribution is 8.03. The van der Waals surface area contributed by atoms with Gasteiger partial charge in [0, 0.05) is 17.9 Å². The Labute approximate surface area is 200 Å². The van der Waals surface area contributed by atoms with E-state index in [1.165, 1.54) is 21.6 Å². The average Bonchev–Trinajstić information content (AvgIpc) is 3.28. The maximum atomic E-state index is 13.2. The number of nitrogens with one attached hydrogen (secondary N) is 1. The number of hydroxylamine groups is 1. The van der Waals surface area contributed by atoms with Gasteiger partial charge in [-0.3, -0.25) is 0 Å². The van der Waals surface area contributed by atoms with E-state index < -0.39 is 0 Å². The number of ether oxygens (including phenoxy) is 1. The first-order chi connectivity index (χ1) is 15.8. The normalized spacial score (nSPS) is 23.1. The predicted molar refractivity (Wildman–Crippen MR) is 134 cm³/mol. The van der Waals surface area contributed by atoms with Crippen molar-refractivity contribution in [2.75, 3.05) is 7.11 Å². The summed E-state index contributed by atoms with van der Waals surface area (Å²) in [4.78, 5) is 10.7. The van der Waals surface area contributed by atoms with Gasteiger partial charge in [0.05, 0.1) is 12.8 Å². The van der Waals surface area contributed by atoms with E-state index in [1.54, 1.807) is 7.11 Å². The second-order valence-corrected chi connectivity index (χ2v) is 11.3. The molecule has 0 spiro atoms. The fourth-order valence-corrected chi connectivity index (χ4v) is 6.22. The van der Waals surface area contributed by atoms with Gasteiger partial charge in [0.1, 0.15) is 11.8 Å². The Morgan fingerprint density at radius 1 is 1.21 bits per heavy atom. The molecule has 0 radical (unpaired) electrons. The van der Waals surface area contributed by atoms with E-state index in [-0.39, 0.29) is 16.5 Å². The zero-order chi connectivity index (χ0) is 23.2. The number of aromatic nitrogens is 2. The van der Waals surface area contributed by atoms with Crippen molar-refractivity contribution >= 4 is 23.3 Å². The van der Waals surface area contributed by atoms with Crippen molar-refractivity contribution in [2.45, 2.75) is 57.7 Å². The Hall–Kier alpha value is -2.41. The molecular formula is C27H31N3O2S. The molecule has 1 N–H and O–H groups in total. The lowest BCUT2D eigenvalue weighted by Gasteiger charge is -2.31. The number of quaternary nitrogens is 1. The molecule has 3 aliphatic rings. The van der Waals surface area contributed by atoms with Crippen LogP contribution in [0.25, 0.3) is 5.57 Å². The Kier molecular flexibility index (Phi) is 5.93. The highest BCUT2D eigenvalue weighted by Crippen LogP contribution is 2.54. The molecule has 6 heteroatoms. The van der Waals surface area contributed by atoms with Gasteiger partial charge < -0.3 is 15.0 Å². The minimum atomic E-state index is -0.186. The minimum absolute atomic E-state index is 0.0148. The molecule has 1 aromatic heterocycles. The van der Waals surface area contributed by atoms with Gasteiger partial charge in [-0.05, 0) is 70.1 Å². The molecule has 3 unspecified atom stereocenters. The summed E-state index contributed by atoms with van der Waals surface area (Å²) in [5, 5.41) is 13.6. The number of hydrogen-bond donors (Lipinski definition) is 1. The smallest absolute Gasteiger partial charge is 0.328 e. The Balaban J connectivity index is 1.37. The van der Waals surface area contributed by atoms with E-state index in [0.29, 0.717) is 17.6 Å². The number of rotatable bonds is 4. The lowest BCUT2D eigenvalue weighted by molar-refractivity contribution is -0.803. The third-order valence-corrected chi connectivity index (χ3v) is 8.23. The highest BCUT2D eigenvalue weighted by Gasteiger charge is 2.33. The van der Waals surface area contributed by atoms with Crippen LogP contribution in [0.3, 0.4) is 0 Å². The molecule has 3 atom stereocenters. The van der Waals surface area contributed by atoms with Gasteiger partial charge in [0.25, 0.3) is 0 Å². The lowest BCUT2D eigenvalue weighted by atomic mass is 9.83. The van der Waals surface area contributed by atoms with Crippen molar-refractivity contribution in [2.24, 2.45) is 5.41 Å². The van der Waals surface area contributed by atoms with Gasteiger partial charge in [-0.2, -0.15) is 9.97 Å². The summed E-state index contributed by atoms with van der Waals surface area (Å²) >= 11 is 1.94. The molecule has 0 amide bonds. The van der Waals surface area contributed by atoms with Gasteiger partial charge in [0.2, 0.25) is 0 Å². The molecule has 2 heterocycles. The maximum absolute atomic E-state index is 13.2. The topological polar surface area (TPSA) is 62.5 Å². The number of allylic oxidation sites excluding steroid dienone is 4. The van der Waals surface area contributed by atoms with Crippen LogP contribution in [-0.4, -0.2) is 23.1 Å². The summed E-state index contributed by atoms with van der Waals surface area (Å²) in [5.74, 6) is 1.23. The zero-order valence-electron chi connectivity index (χ0n) is 19.7. The van der Waals surface area contributed by atoms with Crippen molar-refractivity contribution in [1.29, 1.82) is 0 Å². The third-order valence-electron chi connectivity index (χ3n) is 6.77. The van der Waals surface area contributed by atoms with Crippen LogP contribution < -0.4 is 9.80 Å². The first-order valence-electron chi connectivity index (χ1n) is 11.7. The molecule has 0 saturated carbocycles. The molecule has 0 bridgehead atoms. The summed E-state index contributed by atoms with van der Waals surface area (Å²) < 4.78 is 5.42. The molecule has 0 saturated heterocycles. The van der Waals surface area contributed by atoms with Gasteiger partial charge in [0.15, 0.2) is 0 Å². The van der Waals surface area contributed by atoms with Crippen molar-refractivity contribution < 1.29 is 9.80 Å². The summed E-state index contributed by atoms with van der Waals surface area (Å²) in [7, 11) is 1.71. The van der Waals surface area contributed by atoms with Crippen molar-refractivity contribution in [3.05, 3.63) is 81.2 Å². The SMILES string of the molecule is COc1cccc(C2CC3=C(CCc4cnc([NH+]([O-])C5C=CC(C(C)(C)C)=CC5)nc43)S2)c1. The molecule has 1 aliphatic heterocycles. The summed E-state index contributed by atoms with van der Waals surface area (Å²) in [6, 6.07) is 8.14. The number of hydrogen-bond acceptors (Lipinski definition) is 5. The first kappa shape index (κ1) is 22.4. The van der Waals surface area contributed by atoms with Crippen molar-refractivity contribution in [1.82, 2.24) is 9.97 Å². The van der Waals surface area contributed by atoms with Gasteiger partial charge in [-0.1, -0.05) is 45.1 Å². The minimum Gasteiger partial charge on any atom is -0.626 e. The van der Waals surface area contributed by atoms with Crippen LogP contribution in [0.4, 0.5) is 5.95 Å². The van der Waals surface area contributed by atoms with Crippen molar-refractivity contribution in [3.63, 3.8) is 0 Å². The largest absolute Gasteiger partial charge is 0.626 e. The summed E-state index contributed by atoms with van der Waals surface area (Å²) in [6.07, 6.45) is 11.8. The molecule has 5 nitrogen and oxygen atoms in total. The van der Waals surface area contributed by atoms with Crippen LogP contribution in [0.1, 0.15) is 62.1 Å². The number of benzene rings is 1. The van der Waals surface area contributed by atoms with Crippen LogP contribution in [0.2, 0.25) is 0 Å². The molecule has 0 fully saturated rings. The zero-order valence-corrected chi connectivity index (χ0v) is 20.5. The standard InChI is InChI=1S/C27H31N3O2S/c1-27(2,3)19-9-11-20(12-10-19)30(31)26-28-16-18-8-13-23-22(25(18)29-26)15-24(33-23)17-6-5-7-21(14-17)32-4/h5-7,9-11,14,16,20,24,30H,8,12-13,15H2,1-4H3. The monoisotopic (exact) mass is 461 g/mol. The first-order valence-corrected chi connectivity index (χ1v) is 12.5. The number of methoxy groups -OCH3 is 1. The van der Waals surface area contributed by atoms with Gasteiger partial charge >= 0.3 is 5.95 Å². The highest BCUT2D eigenvalue weighted by atomic mass is 32.2. The number of aryl methyl sites for hydroxylation is 1. The fourth-order valence-electron chi connectivity index (χ4n) is 4.80. The van der Waals surface area contributed by atoms with Crippen LogP contribution >= 0.6 is 11.8 Å². The molecular weight excluding hydrogens is 430 g/mol. The number of nitrogens with zero attached hydrogens (tertiary/aromatic N) is 2. The molecule has 2 aromatic rings. The van der Waals surface area contributed by atoms with Crippen LogP contribution in [0.15, 0.2) is 59.2 Å². The van der Waals surface area contributed by atoms with Crippen LogP contribution in [-0.2, 0) is 6.42 Å².